The Morgan fingerprint density at radius 1 is 0.958 bits per heavy atom. The van der Waals surface area contributed by atoms with Crippen molar-refractivity contribution in [1.29, 1.82) is 0 Å². The lowest BCUT2D eigenvalue weighted by molar-refractivity contribution is -0.132. The summed E-state index contributed by atoms with van der Waals surface area (Å²) in [6.07, 6.45) is 7.45. The number of carbonyl (C=O) groups excluding carboxylic acids is 1. The van der Waals surface area contributed by atoms with Crippen molar-refractivity contribution in [2.24, 2.45) is 11.7 Å². The summed E-state index contributed by atoms with van der Waals surface area (Å²) < 4.78 is 5.40. The van der Waals surface area contributed by atoms with Gasteiger partial charge in [-0.1, -0.05) is 12.8 Å². The standard InChI is InChI=1S/C17H33N3O2.2ClH/c18-8-4-2-1-3-5-17(21)20-9-6-16(7-10-20)15-19-11-13-22-14-12-19;;/h16H,1-15,18H2;2*1H. The van der Waals surface area contributed by atoms with Crippen LogP contribution in [0, 0.1) is 5.92 Å². The Morgan fingerprint density at radius 2 is 1.58 bits per heavy atom. The zero-order valence-electron chi connectivity index (χ0n) is 14.8. The maximum Gasteiger partial charge on any atom is 0.222 e. The topological polar surface area (TPSA) is 58.8 Å². The van der Waals surface area contributed by atoms with Crippen molar-refractivity contribution in [3.05, 3.63) is 0 Å². The number of hydrogen-bond acceptors (Lipinski definition) is 4. The van der Waals surface area contributed by atoms with E-state index in [2.05, 4.69) is 9.80 Å². The number of hydrogen-bond donors (Lipinski definition) is 1. The molecule has 0 aromatic carbocycles. The molecule has 0 aromatic heterocycles. The van der Waals surface area contributed by atoms with Crippen LogP contribution >= 0.6 is 24.8 Å². The summed E-state index contributed by atoms with van der Waals surface area (Å²) in [6.45, 7) is 7.76. The summed E-state index contributed by atoms with van der Waals surface area (Å²) >= 11 is 0. The van der Waals surface area contributed by atoms with Crippen LogP contribution in [0.4, 0.5) is 0 Å². The summed E-state index contributed by atoms with van der Waals surface area (Å²) in [7, 11) is 0. The second-order valence-electron chi connectivity index (χ2n) is 6.69. The Labute approximate surface area is 159 Å². The lowest BCUT2D eigenvalue weighted by Crippen LogP contribution is -2.44. The molecule has 1 amide bonds. The first-order chi connectivity index (χ1) is 10.8. The molecule has 0 aliphatic carbocycles. The molecule has 0 spiro atoms. The number of unbranched alkanes of at least 4 members (excludes halogenated alkanes) is 3. The maximum absolute atomic E-state index is 12.2. The summed E-state index contributed by atoms with van der Waals surface area (Å²) in [5, 5.41) is 0. The second kappa shape index (κ2) is 14.1. The molecule has 7 heteroatoms. The van der Waals surface area contributed by atoms with Gasteiger partial charge in [-0.15, -0.1) is 24.8 Å². The average molecular weight is 384 g/mol. The lowest BCUT2D eigenvalue weighted by atomic mass is 9.95. The van der Waals surface area contributed by atoms with Gasteiger partial charge in [0.15, 0.2) is 0 Å². The van der Waals surface area contributed by atoms with E-state index in [1.165, 1.54) is 6.54 Å². The van der Waals surface area contributed by atoms with E-state index in [1.54, 1.807) is 0 Å². The Bertz CT molecular complexity index is 321. The monoisotopic (exact) mass is 383 g/mol. The van der Waals surface area contributed by atoms with Gasteiger partial charge in [0, 0.05) is 39.1 Å². The van der Waals surface area contributed by atoms with E-state index in [0.29, 0.717) is 5.91 Å². The van der Waals surface area contributed by atoms with Gasteiger partial charge < -0.3 is 15.4 Å². The average Bonchev–Trinajstić information content (AvgIpc) is 2.56. The fourth-order valence-electron chi connectivity index (χ4n) is 3.45. The molecule has 0 radical (unpaired) electrons. The molecule has 0 saturated carbocycles. The van der Waals surface area contributed by atoms with E-state index < -0.39 is 0 Å². The predicted octanol–water partition coefficient (Wildman–Crippen LogP) is 2.31. The third-order valence-corrected chi connectivity index (χ3v) is 4.93. The van der Waals surface area contributed by atoms with Crippen LogP contribution in [-0.2, 0) is 9.53 Å². The highest BCUT2D eigenvalue weighted by atomic mass is 35.5. The summed E-state index contributed by atoms with van der Waals surface area (Å²) in [5.74, 6) is 1.12. The molecule has 2 aliphatic heterocycles. The number of morpholine rings is 1. The minimum absolute atomic E-state index is 0. The third-order valence-electron chi connectivity index (χ3n) is 4.93. The molecule has 2 N–H and O–H groups in total. The quantitative estimate of drug-likeness (QED) is 0.653. The first-order valence-electron chi connectivity index (χ1n) is 9.07. The molecule has 24 heavy (non-hydrogen) atoms. The number of likely N-dealkylation sites (tertiary alicyclic amines) is 1. The number of nitrogens with zero attached hydrogens (tertiary/aromatic N) is 2. The molecule has 2 aliphatic rings. The number of amides is 1. The number of ether oxygens (including phenoxy) is 1. The van der Waals surface area contributed by atoms with Gasteiger partial charge in [-0.05, 0) is 38.1 Å². The number of nitrogens with two attached hydrogens (primary N) is 1. The van der Waals surface area contributed by atoms with Crippen molar-refractivity contribution >= 4 is 30.7 Å². The number of carbonyl (C=O) groups is 1. The molecule has 144 valence electrons. The Morgan fingerprint density at radius 3 is 2.21 bits per heavy atom. The zero-order valence-corrected chi connectivity index (χ0v) is 16.4. The summed E-state index contributed by atoms with van der Waals surface area (Å²) in [5.41, 5.74) is 5.48. The van der Waals surface area contributed by atoms with Gasteiger partial charge >= 0.3 is 0 Å². The van der Waals surface area contributed by atoms with Gasteiger partial charge in [-0.3, -0.25) is 9.69 Å². The van der Waals surface area contributed by atoms with Crippen LogP contribution in [0.25, 0.3) is 0 Å². The van der Waals surface area contributed by atoms with E-state index in [9.17, 15) is 4.79 Å². The van der Waals surface area contributed by atoms with Crippen molar-refractivity contribution in [2.75, 3.05) is 52.5 Å². The van der Waals surface area contributed by atoms with Crippen LogP contribution in [0.5, 0.6) is 0 Å². The van der Waals surface area contributed by atoms with Crippen LogP contribution in [-0.4, -0.2) is 68.2 Å². The van der Waals surface area contributed by atoms with Gasteiger partial charge in [0.05, 0.1) is 13.2 Å². The van der Waals surface area contributed by atoms with E-state index >= 15 is 0 Å². The number of halogens is 2. The van der Waals surface area contributed by atoms with Crippen LogP contribution in [0.15, 0.2) is 0 Å². The fraction of sp³-hybridized carbons (Fsp3) is 0.941. The van der Waals surface area contributed by atoms with Crippen molar-refractivity contribution < 1.29 is 9.53 Å². The van der Waals surface area contributed by atoms with Crippen LogP contribution in [0.2, 0.25) is 0 Å². The second-order valence-corrected chi connectivity index (χ2v) is 6.69. The first kappa shape index (κ1) is 23.9. The van der Waals surface area contributed by atoms with E-state index in [0.717, 1.165) is 96.8 Å². The zero-order chi connectivity index (χ0) is 15.6. The van der Waals surface area contributed by atoms with E-state index in [4.69, 9.17) is 10.5 Å². The normalized spacial score (nSPS) is 19.5. The lowest BCUT2D eigenvalue weighted by Gasteiger charge is -2.36. The number of rotatable bonds is 8. The van der Waals surface area contributed by atoms with Crippen molar-refractivity contribution in [3.63, 3.8) is 0 Å². The molecule has 2 heterocycles. The minimum Gasteiger partial charge on any atom is -0.379 e. The molecule has 0 bridgehead atoms. The van der Waals surface area contributed by atoms with Crippen molar-refractivity contribution in [1.82, 2.24) is 9.80 Å². The van der Waals surface area contributed by atoms with Gasteiger partial charge in [-0.2, -0.15) is 0 Å². The highest BCUT2D eigenvalue weighted by Crippen LogP contribution is 2.20. The summed E-state index contributed by atoms with van der Waals surface area (Å²) in [4.78, 5) is 16.8. The fourth-order valence-corrected chi connectivity index (χ4v) is 3.45. The van der Waals surface area contributed by atoms with Crippen LogP contribution in [0.1, 0.15) is 44.9 Å². The van der Waals surface area contributed by atoms with Crippen molar-refractivity contribution in [2.45, 2.75) is 44.9 Å². The Balaban J connectivity index is 0.00000264. The van der Waals surface area contributed by atoms with E-state index in [-0.39, 0.29) is 24.8 Å². The molecular formula is C17H35Cl2N3O2. The molecule has 2 fully saturated rings. The molecule has 0 atom stereocenters. The predicted molar refractivity (Wildman–Crippen MR) is 103 cm³/mol. The van der Waals surface area contributed by atoms with Gasteiger partial charge in [0.2, 0.25) is 5.91 Å². The number of piperidine rings is 1. The Kier molecular flexibility index (Phi) is 14.1. The molecule has 2 rings (SSSR count). The van der Waals surface area contributed by atoms with Crippen LogP contribution in [0.3, 0.4) is 0 Å². The summed E-state index contributed by atoms with van der Waals surface area (Å²) in [6, 6.07) is 0. The molecule has 2 saturated heterocycles. The van der Waals surface area contributed by atoms with E-state index in [1.807, 2.05) is 0 Å². The van der Waals surface area contributed by atoms with Gasteiger partial charge in [0.1, 0.15) is 0 Å². The molecule has 0 aromatic rings. The smallest absolute Gasteiger partial charge is 0.222 e. The SMILES string of the molecule is Cl.Cl.NCCCCCCC(=O)N1CCC(CN2CCOCC2)CC1. The maximum atomic E-state index is 12.2. The largest absolute Gasteiger partial charge is 0.379 e. The highest BCUT2D eigenvalue weighted by Gasteiger charge is 2.24. The highest BCUT2D eigenvalue weighted by molar-refractivity contribution is 5.85. The first-order valence-corrected chi connectivity index (χ1v) is 9.07. The Hall–Kier alpha value is -0.0700. The van der Waals surface area contributed by atoms with Crippen molar-refractivity contribution in [3.8, 4) is 0 Å². The van der Waals surface area contributed by atoms with Crippen LogP contribution < -0.4 is 5.73 Å². The van der Waals surface area contributed by atoms with Gasteiger partial charge in [-0.25, -0.2) is 0 Å². The van der Waals surface area contributed by atoms with Gasteiger partial charge in [0.25, 0.3) is 0 Å². The minimum atomic E-state index is 0. The molecular weight excluding hydrogens is 349 g/mol. The molecule has 0 unspecified atom stereocenters. The third kappa shape index (κ3) is 8.86. The molecule has 5 nitrogen and oxygen atoms in total.